The standard InChI is InChI=1S/C13H18N2O2/c14-10-6-2-4-8-12(10)17-11-7-3-1-5-9(11)13(15)16/h1,3,5,7,10,12H,2,4,6,8,14H2,(H2,15,16). The first kappa shape index (κ1) is 11.9. The molecule has 1 aromatic rings. The quantitative estimate of drug-likeness (QED) is 0.830. The second kappa shape index (κ2) is 5.19. The molecule has 0 heterocycles. The molecule has 2 unspecified atom stereocenters. The van der Waals surface area contributed by atoms with Gasteiger partial charge in [0.25, 0.3) is 5.91 Å². The molecule has 0 bridgehead atoms. The van der Waals surface area contributed by atoms with Crippen molar-refractivity contribution < 1.29 is 9.53 Å². The molecule has 4 N–H and O–H groups in total. The summed E-state index contributed by atoms with van der Waals surface area (Å²) in [5.41, 5.74) is 11.7. The minimum absolute atomic E-state index is 0.00995. The lowest BCUT2D eigenvalue weighted by molar-refractivity contribution is 0.0981. The highest BCUT2D eigenvalue weighted by molar-refractivity contribution is 5.95. The lowest BCUT2D eigenvalue weighted by Crippen LogP contribution is -2.41. The fourth-order valence-corrected chi connectivity index (χ4v) is 2.21. The maximum atomic E-state index is 11.3. The highest BCUT2D eigenvalue weighted by Crippen LogP contribution is 2.25. The summed E-state index contributed by atoms with van der Waals surface area (Å²) in [7, 11) is 0. The van der Waals surface area contributed by atoms with Crippen LogP contribution in [0, 0.1) is 0 Å². The van der Waals surface area contributed by atoms with Crippen LogP contribution in [0.3, 0.4) is 0 Å². The molecule has 0 spiro atoms. The molecule has 4 nitrogen and oxygen atoms in total. The van der Waals surface area contributed by atoms with Gasteiger partial charge < -0.3 is 16.2 Å². The van der Waals surface area contributed by atoms with Crippen molar-refractivity contribution in [3.63, 3.8) is 0 Å². The molecule has 2 rings (SSSR count). The summed E-state index contributed by atoms with van der Waals surface area (Å²) in [6.07, 6.45) is 4.18. The van der Waals surface area contributed by atoms with Crippen LogP contribution in [0.4, 0.5) is 0 Å². The van der Waals surface area contributed by atoms with Gasteiger partial charge in [-0.05, 0) is 31.4 Å². The largest absolute Gasteiger partial charge is 0.488 e. The van der Waals surface area contributed by atoms with E-state index in [0.29, 0.717) is 11.3 Å². The van der Waals surface area contributed by atoms with Crippen molar-refractivity contribution in [2.75, 3.05) is 0 Å². The Morgan fingerprint density at radius 1 is 1.24 bits per heavy atom. The number of benzene rings is 1. The Labute approximate surface area is 101 Å². The van der Waals surface area contributed by atoms with E-state index in [9.17, 15) is 4.79 Å². The number of primary amides is 1. The third-order valence-corrected chi connectivity index (χ3v) is 3.18. The second-order valence-corrected chi connectivity index (χ2v) is 4.47. The van der Waals surface area contributed by atoms with Crippen molar-refractivity contribution in [1.29, 1.82) is 0 Å². The van der Waals surface area contributed by atoms with Gasteiger partial charge in [0.1, 0.15) is 11.9 Å². The molecule has 1 aliphatic carbocycles. The fourth-order valence-electron chi connectivity index (χ4n) is 2.21. The van der Waals surface area contributed by atoms with Crippen molar-refractivity contribution in [2.24, 2.45) is 11.5 Å². The Hall–Kier alpha value is -1.55. The third-order valence-electron chi connectivity index (χ3n) is 3.18. The first-order valence-electron chi connectivity index (χ1n) is 5.99. The molecule has 0 saturated heterocycles. The van der Waals surface area contributed by atoms with Crippen molar-refractivity contribution in [3.8, 4) is 5.75 Å². The molecule has 0 aromatic heterocycles. The number of hydrogen-bond donors (Lipinski definition) is 2. The Bertz CT molecular complexity index is 406. The average Bonchev–Trinajstić information content (AvgIpc) is 2.32. The van der Waals surface area contributed by atoms with Crippen molar-refractivity contribution in [1.82, 2.24) is 0 Å². The van der Waals surface area contributed by atoms with Gasteiger partial charge in [-0.2, -0.15) is 0 Å². The van der Waals surface area contributed by atoms with E-state index < -0.39 is 5.91 Å². The molecule has 1 saturated carbocycles. The summed E-state index contributed by atoms with van der Waals surface area (Å²) >= 11 is 0. The molecular weight excluding hydrogens is 216 g/mol. The van der Waals surface area contributed by atoms with Crippen LogP contribution in [0.2, 0.25) is 0 Å². The number of ether oxygens (including phenoxy) is 1. The number of nitrogens with two attached hydrogens (primary N) is 2. The van der Waals surface area contributed by atoms with Crippen LogP contribution < -0.4 is 16.2 Å². The van der Waals surface area contributed by atoms with E-state index in [4.69, 9.17) is 16.2 Å². The molecule has 1 aliphatic rings. The van der Waals surface area contributed by atoms with E-state index in [0.717, 1.165) is 25.7 Å². The zero-order valence-electron chi connectivity index (χ0n) is 9.76. The molecule has 2 atom stereocenters. The van der Waals surface area contributed by atoms with Crippen molar-refractivity contribution >= 4 is 5.91 Å². The minimum Gasteiger partial charge on any atom is -0.488 e. The molecule has 92 valence electrons. The summed E-state index contributed by atoms with van der Waals surface area (Å²) in [4.78, 5) is 11.3. The first-order valence-corrected chi connectivity index (χ1v) is 5.99. The second-order valence-electron chi connectivity index (χ2n) is 4.47. The third kappa shape index (κ3) is 2.77. The van der Waals surface area contributed by atoms with E-state index >= 15 is 0 Å². The summed E-state index contributed by atoms with van der Waals surface area (Å²) in [6, 6.07) is 7.09. The Morgan fingerprint density at radius 2 is 1.94 bits per heavy atom. The van der Waals surface area contributed by atoms with E-state index in [1.807, 2.05) is 6.07 Å². The van der Waals surface area contributed by atoms with Crippen LogP contribution in [0.25, 0.3) is 0 Å². The van der Waals surface area contributed by atoms with Crippen LogP contribution in [0.5, 0.6) is 5.75 Å². The highest BCUT2D eigenvalue weighted by atomic mass is 16.5. The lowest BCUT2D eigenvalue weighted by atomic mass is 9.93. The SMILES string of the molecule is NC(=O)c1ccccc1OC1CCCCC1N. The predicted octanol–water partition coefficient (Wildman–Crippen LogP) is 1.43. The maximum absolute atomic E-state index is 11.3. The topological polar surface area (TPSA) is 78.3 Å². The highest BCUT2D eigenvalue weighted by Gasteiger charge is 2.24. The fraction of sp³-hybridized carbons (Fsp3) is 0.462. The van der Waals surface area contributed by atoms with E-state index in [-0.39, 0.29) is 12.1 Å². The lowest BCUT2D eigenvalue weighted by Gasteiger charge is -2.29. The summed E-state index contributed by atoms with van der Waals surface area (Å²) in [6.45, 7) is 0. The smallest absolute Gasteiger partial charge is 0.252 e. The maximum Gasteiger partial charge on any atom is 0.252 e. The van der Waals surface area contributed by atoms with Gasteiger partial charge in [0.2, 0.25) is 0 Å². The molecular formula is C13H18N2O2. The monoisotopic (exact) mass is 234 g/mol. The number of carbonyl (C=O) groups excluding carboxylic acids is 1. The summed E-state index contributed by atoms with van der Waals surface area (Å²) < 4.78 is 5.83. The number of para-hydroxylation sites is 1. The van der Waals surface area contributed by atoms with Crippen LogP contribution in [0.1, 0.15) is 36.0 Å². The summed E-state index contributed by atoms with van der Waals surface area (Å²) in [5, 5.41) is 0. The molecule has 17 heavy (non-hydrogen) atoms. The van der Waals surface area contributed by atoms with Gasteiger partial charge in [-0.15, -0.1) is 0 Å². The average molecular weight is 234 g/mol. The van der Waals surface area contributed by atoms with E-state index in [1.54, 1.807) is 18.2 Å². The first-order chi connectivity index (χ1) is 8.18. The van der Waals surface area contributed by atoms with Crippen molar-refractivity contribution in [2.45, 2.75) is 37.8 Å². The van der Waals surface area contributed by atoms with Crippen LogP contribution >= 0.6 is 0 Å². The normalized spacial score (nSPS) is 24.3. The van der Waals surface area contributed by atoms with Gasteiger partial charge in [0.15, 0.2) is 0 Å². The minimum atomic E-state index is -0.468. The van der Waals surface area contributed by atoms with Gasteiger partial charge in [0.05, 0.1) is 5.56 Å². The van der Waals surface area contributed by atoms with Gasteiger partial charge in [-0.1, -0.05) is 18.6 Å². The van der Waals surface area contributed by atoms with Gasteiger partial charge in [-0.25, -0.2) is 0 Å². The van der Waals surface area contributed by atoms with Crippen LogP contribution in [-0.2, 0) is 0 Å². The van der Waals surface area contributed by atoms with Crippen molar-refractivity contribution in [3.05, 3.63) is 29.8 Å². The Morgan fingerprint density at radius 3 is 2.65 bits per heavy atom. The number of amides is 1. The van der Waals surface area contributed by atoms with Crippen LogP contribution in [-0.4, -0.2) is 18.1 Å². The number of hydrogen-bond acceptors (Lipinski definition) is 3. The summed E-state index contributed by atoms with van der Waals surface area (Å²) in [5.74, 6) is 0.0762. The van der Waals surface area contributed by atoms with E-state index in [2.05, 4.69) is 0 Å². The zero-order valence-corrected chi connectivity index (χ0v) is 9.76. The molecule has 0 radical (unpaired) electrons. The molecule has 1 amide bonds. The molecule has 1 fully saturated rings. The number of carbonyl (C=O) groups is 1. The number of rotatable bonds is 3. The molecule has 1 aromatic carbocycles. The molecule has 4 heteroatoms. The van der Waals surface area contributed by atoms with Gasteiger partial charge in [0, 0.05) is 6.04 Å². The zero-order chi connectivity index (χ0) is 12.3. The molecule has 0 aliphatic heterocycles. The van der Waals surface area contributed by atoms with E-state index in [1.165, 1.54) is 0 Å². The van der Waals surface area contributed by atoms with Gasteiger partial charge >= 0.3 is 0 Å². The van der Waals surface area contributed by atoms with Gasteiger partial charge in [-0.3, -0.25) is 4.79 Å². The Balaban J connectivity index is 2.14. The predicted molar refractivity (Wildman–Crippen MR) is 65.8 cm³/mol. The van der Waals surface area contributed by atoms with Crippen LogP contribution in [0.15, 0.2) is 24.3 Å². The Kier molecular flexibility index (Phi) is 3.64.